The van der Waals surface area contributed by atoms with E-state index in [2.05, 4.69) is 4.74 Å². The van der Waals surface area contributed by atoms with Crippen molar-refractivity contribution in [1.29, 1.82) is 0 Å². The number of carbonyl (C=O) groups excluding carboxylic acids is 1. The third kappa shape index (κ3) is 6.47. The first kappa shape index (κ1) is 17.1. The maximum absolute atomic E-state index is 11.0. The molecule has 0 spiro atoms. The van der Waals surface area contributed by atoms with Crippen LogP contribution in [0.3, 0.4) is 0 Å². The van der Waals surface area contributed by atoms with Crippen LogP contribution in [0.15, 0.2) is 12.2 Å². The minimum Gasteiger partial charge on any atom is -0.466 e. The minimum absolute atomic E-state index is 0.0154. The van der Waals surface area contributed by atoms with Gasteiger partial charge in [0.05, 0.1) is 25.9 Å². The zero-order chi connectivity index (χ0) is 15.0. The molecule has 1 fully saturated rings. The van der Waals surface area contributed by atoms with Gasteiger partial charge >= 0.3 is 5.97 Å². The molecule has 1 aliphatic rings. The Labute approximate surface area is 120 Å². The van der Waals surface area contributed by atoms with Crippen LogP contribution in [0.25, 0.3) is 0 Å². The van der Waals surface area contributed by atoms with Crippen molar-refractivity contribution in [3.8, 4) is 0 Å². The van der Waals surface area contributed by atoms with Crippen LogP contribution in [0.2, 0.25) is 0 Å². The summed E-state index contributed by atoms with van der Waals surface area (Å²) in [6, 6.07) is 0. The molecule has 0 aromatic carbocycles. The zero-order valence-corrected chi connectivity index (χ0v) is 12.6. The van der Waals surface area contributed by atoms with E-state index < -0.39 is 5.79 Å². The molecule has 0 bridgehead atoms. The average molecular weight is 288 g/mol. The Balaban J connectivity index is 2.43. The summed E-state index contributed by atoms with van der Waals surface area (Å²) in [6.45, 7) is 4.51. The fourth-order valence-corrected chi connectivity index (χ4v) is 1.95. The van der Waals surface area contributed by atoms with Gasteiger partial charge in [0, 0.05) is 19.6 Å². The van der Waals surface area contributed by atoms with Crippen LogP contribution < -0.4 is 0 Å². The van der Waals surface area contributed by atoms with Gasteiger partial charge in [0.25, 0.3) is 0 Å². The molecular weight excluding hydrogens is 264 g/mol. The largest absolute Gasteiger partial charge is 0.466 e. The maximum Gasteiger partial charge on any atom is 0.330 e. The zero-order valence-electron chi connectivity index (χ0n) is 12.6. The third-order valence-corrected chi connectivity index (χ3v) is 2.87. The van der Waals surface area contributed by atoms with Crippen LogP contribution in [0.1, 0.15) is 26.7 Å². The van der Waals surface area contributed by atoms with Gasteiger partial charge < -0.3 is 23.7 Å². The smallest absolute Gasteiger partial charge is 0.330 e. The van der Waals surface area contributed by atoms with E-state index in [0.717, 1.165) is 0 Å². The highest BCUT2D eigenvalue weighted by molar-refractivity contribution is 5.81. The molecule has 1 aliphatic heterocycles. The highest BCUT2D eigenvalue weighted by atomic mass is 16.7. The Morgan fingerprint density at radius 2 is 2.20 bits per heavy atom. The first-order valence-corrected chi connectivity index (χ1v) is 6.63. The monoisotopic (exact) mass is 288 g/mol. The number of hydrogen-bond acceptors (Lipinski definition) is 6. The van der Waals surface area contributed by atoms with Gasteiger partial charge in [-0.15, -0.1) is 0 Å². The third-order valence-electron chi connectivity index (χ3n) is 2.87. The molecule has 6 nitrogen and oxygen atoms in total. The lowest BCUT2D eigenvalue weighted by Crippen LogP contribution is -2.26. The van der Waals surface area contributed by atoms with Crippen LogP contribution in [0.5, 0.6) is 0 Å². The fourth-order valence-electron chi connectivity index (χ4n) is 1.95. The van der Waals surface area contributed by atoms with Crippen molar-refractivity contribution < 1.29 is 28.5 Å². The molecule has 0 amide bonds. The molecule has 1 rings (SSSR count). The molecule has 0 aliphatic carbocycles. The van der Waals surface area contributed by atoms with Gasteiger partial charge in [-0.05, 0) is 20.3 Å². The van der Waals surface area contributed by atoms with Crippen molar-refractivity contribution in [2.24, 2.45) is 0 Å². The van der Waals surface area contributed by atoms with Crippen molar-refractivity contribution in [2.75, 3.05) is 27.6 Å². The summed E-state index contributed by atoms with van der Waals surface area (Å²) < 4.78 is 26.3. The number of methoxy groups -OCH3 is 2. The molecule has 0 aromatic rings. The number of esters is 1. The molecule has 2 atom stereocenters. The highest BCUT2D eigenvalue weighted by Gasteiger charge is 2.33. The van der Waals surface area contributed by atoms with E-state index in [0.29, 0.717) is 19.4 Å². The van der Waals surface area contributed by atoms with E-state index in [-0.39, 0.29) is 25.0 Å². The summed E-state index contributed by atoms with van der Waals surface area (Å²) >= 11 is 0. The fraction of sp³-hybridized carbons (Fsp3) is 0.786. The maximum atomic E-state index is 11.0. The summed E-state index contributed by atoms with van der Waals surface area (Å²) in [6.07, 6.45) is 4.26. The van der Waals surface area contributed by atoms with Crippen LogP contribution in [-0.2, 0) is 28.5 Å². The summed E-state index contributed by atoms with van der Waals surface area (Å²) in [5.74, 6) is -0.921. The molecular formula is C14H24O6. The van der Waals surface area contributed by atoms with Crippen LogP contribution in [0, 0.1) is 0 Å². The standard InChI is InChI=1S/C14H24O6/c1-14(2)19-9-12(20-14)8-11(18-10-16-3)6-5-7-13(15)17-4/h5,7,11-12H,6,8-10H2,1-4H3/b7-5+/t11-,12+/m0/s1. The summed E-state index contributed by atoms with van der Waals surface area (Å²) in [5, 5.41) is 0. The van der Waals surface area contributed by atoms with Crippen molar-refractivity contribution in [1.82, 2.24) is 0 Å². The molecule has 0 N–H and O–H groups in total. The van der Waals surface area contributed by atoms with Crippen LogP contribution in [-0.4, -0.2) is 51.6 Å². The Bertz CT molecular complexity index is 326. The van der Waals surface area contributed by atoms with Gasteiger partial charge in [-0.3, -0.25) is 0 Å². The lowest BCUT2D eigenvalue weighted by atomic mass is 10.1. The number of carbonyl (C=O) groups is 1. The molecule has 1 saturated heterocycles. The summed E-state index contributed by atoms with van der Waals surface area (Å²) in [7, 11) is 2.91. The second-order valence-electron chi connectivity index (χ2n) is 5.04. The molecule has 20 heavy (non-hydrogen) atoms. The molecule has 116 valence electrons. The van der Waals surface area contributed by atoms with Gasteiger partial charge in [-0.1, -0.05) is 6.08 Å². The Kier molecular flexibility index (Phi) is 7.15. The quantitative estimate of drug-likeness (QED) is 0.384. The van der Waals surface area contributed by atoms with Crippen LogP contribution in [0.4, 0.5) is 0 Å². The highest BCUT2D eigenvalue weighted by Crippen LogP contribution is 2.26. The molecule has 1 heterocycles. The van der Waals surface area contributed by atoms with E-state index in [1.807, 2.05) is 13.8 Å². The molecule has 6 heteroatoms. The van der Waals surface area contributed by atoms with E-state index >= 15 is 0 Å². The van der Waals surface area contributed by atoms with Crippen molar-refractivity contribution in [2.45, 2.75) is 44.7 Å². The first-order chi connectivity index (χ1) is 9.46. The Hall–Kier alpha value is -0.950. The van der Waals surface area contributed by atoms with E-state index in [9.17, 15) is 4.79 Å². The number of ether oxygens (including phenoxy) is 5. The number of rotatable bonds is 8. The van der Waals surface area contributed by atoms with Gasteiger partial charge in [-0.2, -0.15) is 0 Å². The van der Waals surface area contributed by atoms with Gasteiger partial charge in [0.1, 0.15) is 6.79 Å². The average Bonchev–Trinajstić information content (AvgIpc) is 2.74. The first-order valence-electron chi connectivity index (χ1n) is 6.63. The van der Waals surface area contributed by atoms with Crippen molar-refractivity contribution in [3.05, 3.63) is 12.2 Å². The lowest BCUT2D eigenvalue weighted by Gasteiger charge is -2.21. The Morgan fingerprint density at radius 3 is 2.75 bits per heavy atom. The van der Waals surface area contributed by atoms with Gasteiger partial charge in [-0.25, -0.2) is 4.79 Å². The van der Waals surface area contributed by atoms with Crippen molar-refractivity contribution in [3.63, 3.8) is 0 Å². The summed E-state index contributed by atoms with van der Waals surface area (Å²) in [5.41, 5.74) is 0. The van der Waals surface area contributed by atoms with E-state index in [1.54, 1.807) is 13.2 Å². The van der Waals surface area contributed by atoms with Gasteiger partial charge in [0.15, 0.2) is 5.79 Å². The van der Waals surface area contributed by atoms with E-state index in [1.165, 1.54) is 13.2 Å². The molecule has 0 radical (unpaired) electrons. The van der Waals surface area contributed by atoms with Gasteiger partial charge in [0.2, 0.25) is 0 Å². The molecule has 0 unspecified atom stereocenters. The molecule has 0 aromatic heterocycles. The minimum atomic E-state index is -0.543. The second-order valence-corrected chi connectivity index (χ2v) is 5.04. The molecule has 0 saturated carbocycles. The predicted molar refractivity (Wildman–Crippen MR) is 72.0 cm³/mol. The Morgan fingerprint density at radius 1 is 1.45 bits per heavy atom. The topological polar surface area (TPSA) is 63.2 Å². The number of hydrogen-bond donors (Lipinski definition) is 0. The second kappa shape index (κ2) is 8.36. The normalized spacial score (nSPS) is 23.1. The SMILES string of the molecule is COCO[C@@H](C/C=C/C(=O)OC)C[C@@H]1COC(C)(C)O1. The van der Waals surface area contributed by atoms with Crippen molar-refractivity contribution >= 4 is 5.97 Å². The predicted octanol–water partition coefficient (Wildman–Crippen LogP) is 1.64. The van der Waals surface area contributed by atoms with E-state index in [4.69, 9.17) is 18.9 Å². The van der Waals surface area contributed by atoms with Crippen LogP contribution >= 0.6 is 0 Å². The lowest BCUT2D eigenvalue weighted by molar-refractivity contribution is -0.146. The summed E-state index contributed by atoms with van der Waals surface area (Å²) in [4.78, 5) is 11.0.